The molecule has 0 aromatic heterocycles. The molecule has 1 aromatic carbocycles. The van der Waals surface area contributed by atoms with Gasteiger partial charge in [0.05, 0.1) is 17.5 Å². The van der Waals surface area contributed by atoms with Crippen molar-refractivity contribution in [1.29, 1.82) is 0 Å². The Morgan fingerprint density at radius 3 is 2.50 bits per heavy atom. The molecular weight excluding hydrogens is 282 g/mol. The van der Waals surface area contributed by atoms with Crippen LogP contribution in [0.3, 0.4) is 0 Å². The molecule has 0 N–H and O–H groups in total. The van der Waals surface area contributed by atoms with Crippen LogP contribution in [0.4, 0.5) is 8.78 Å². The molecule has 0 spiro atoms. The first-order valence-corrected chi connectivity index (χ1v) is 5.54. The van der Waals surface area contributed by atoms with Crippen LogP contribution in [0.25, 0.3) is 0 Å². The van der Waals surface area contributed by atoms with Crippen LogP contribution >= 0.6 is 15.9 Å². The molecule has 0 aliphatic rings. The minimum absolute atomic E-state index is 0.00118. The van der Waals surface area contributed by atoms with Crippen molar-refractivity contribution in [3.63, 3.8) is 0 Å². The maximum Gasteiger partial charge on any atom is 0.268 e. The second-order valence-corrected chi connectivity index (χ2v) is 4.58. The summed E-state index contributed by atoms with van der Waals surface area (Å²) in [5.74, 6) is -0.344. The van der Waals surface area contributed by atoms with Crippen LogP contribution in [0.15, 0.2) is 18.2 Å². The third-order valence-corrected chi connectivity index (χ3v) is 2.55. The number of ketones is 1. The summed E-state index contributed by atoms with van der Waals surface area (Å²) < 4.78 is 30.5. The van der Waals surface area contributed by atoms with E-state index in [1.807, 2.05) is 0 Å². The Hall–Kier alpha value is -0.970. The fraction of sp³-hybridized carbons (Fsp3) is 0.364. The van der Waals surface area contributed by atoms with Crippen molar-refractivity contribution in [2.75, 3.05) is 7.11 Å². The Labute approximate surface area is 101 Å². The number of carbonyl (C=O) groups is 1. The molecule has 2 nitrogen and oxygen atoms in total. The Morgan fingerprint density at radius 2 is 2.06 bits per heavy atom. The van der Waals surface area contributed by atoms with Gasteiger partial charge in [-0.3, -0.25) is 4.79 Å². The van der Waals surface area contributed by atoms with Gasteiger partial charge in [0.2, 0.25) is 0 Å². The number of halogens is 3. The van der Waals surface area contributed by atoms with Crippen molar-refractivity contribution in [3.8, 4) is 5.75 Å². The van der Waals surface area contributed by atoms with Crippen LogP contribution < -0.4 is 4.74 Å². The van der Waals surface area contributed by atoms with Gasteiger partial charge >= 0.3 is 0 Å². The van der Waals surface area contributed by atoms with E-state index in [4.69, 9.17) is 4.74 Å². The van der Waals surface area contributed by atoms with E-state index in [2.05, 4.69) is 15.9 Å². The lowest BCUT2D eigenvalue weighted by molar-refractivity contribution is 0.0979. The number of alkyl halides is 3. The van der Waals surface area contributed by atoms with Gasteiger partial charge in [0.15, 0.2) is 5.78 Å². The van der Waals surface area contributed by atoms with E-state index in [-0.39, 0.29) is 22.7 Å². The molecule has 0 radical (unpaired) electrons. The lowest BCUT2D eigenvalue weighted by Crippen LogP contribution is -2.13. The van der Waals surface area contributed by atoms with E-state index in [1.54, 1.807) is 6.92 Å². The van der Waals surface area contributed by atoms with Crippen LogP contribution in [-0.4, -0.2) is 17.7 Å². The second-order valence-electron chi connectivity index (χ2n) is 3.20. The Morgan fingerprint density at radius 1 is 1.44 bits per heavy atom. The van der Waals surface area contributed by atoms with E-state index >= 15 is 0 Å². The number of hydrogen-bond donors (Lipinski definition) is 0. The molecule has 0 aliphatic carbocycles. The summed E-state index contributed by atoms with van der Waals surface area (Å²) in [6, 6.07) is 4.31. The van der Waals surface area contributed by atoms with E-state index in [0.29, 0.717) is 0 Å². The van der Waals surface area contributed by atoms with Crippen molar-refractivity contribution >= 4 is 21.7 Å². The van der Waals surface area contributed by atoms with Crippen molar-refractivity contribution in [2.45, 2.75) is 18.2 Å². The summed E-state index contributed by atoms with van der Waals surface area (Å²) in [7, 11) is 1.30. The monoisotopic (exact) mass is 292 g/mol. The zero-order valence-electron chi connectivity index (χ0n) is 8.84. The van der Waals surface area contributed by atoms with E-state index in [1.165, 1.54) is 25.3 Å². The fourth-order valence-electron chi connectivity index (χ4n) is 1.38. The van der Waals surface area contributed by atoms with Gasteiger partial charge in [-0.1, -0.05) is 28.1 Å². The maximum absolute atomic E-state index is 12.9. The fourth-order valence-corrected chi connectivity index (χ4v) is 1.62. The van der Waals surface area contributed by atoms with E-state index < -0.39 is 11.3 Å². The molecule has 0 saturated heterocycles. The summed E-state index contributed by atoms with van der Waals surface area (Å²) in [5, 5.41) is 0. The molecule has 0 bridgehead atoms. The van der Waals surface area contributed by atoms with E-state index in [9.17, 15) is 13.6 Å². The first-order chi connectivity index (χ1) is 7.49. The van der Waals surface area contributed by atoms with Gasteiger partial charge < -0.3 is 4.74 Å². The molecule has 5 heteroatoms. The molecule has 0 heterocycles. The standard InChI is InChI=1S/C11H11BrF2O2/c1-6(12)10(15)7-4-3-5-8(16-2)9(7)11(13)14/h3-6,11H,1-2H3. The number of rotatable bonds is 4. The molecule has 0 aliphatic heterocycles. The third-order valence-electron chi connectivity index (χ3n) is 2.13. The Kier molecular flexibility index (Phi) is 4.41. The van der Waals surface area contributed by atoms with Gasteiger partial charge in [0, 0.05) is 5.56 Å². The minimum Gasteiger partial charge on any atom is -0.496 e. The number of hydrogen-bond acceptors (Lipinski definition) is 2. The van der Waals surface area contributed by atoms with Gasteiger partial charge in [-0.25, -0.2) is 8.78 Å². The number of ether oxygens (including phenoxy) is 1. The quantitative estimate of drug-likeness (QED) is 0.626. The van der Waals surface area contributed by atoms with Crippen LogP contribution in [0.5, 0.6) is 5.75 Å². The zero-order chi connectivity index (χ0) is 12.3. The van der Waals surface area contributed by atoms with Gasteiger partial charge in [-0.05, 0) is 13.0 Å². The normalized spacial score (nSPS) is 12.6. The maximum atomic E-state index is 12.9. The topological polar surface area (TPSA) is 26.3 Å². The Bertz CT molecular complexity index is 392. The molecule has 88 valence electrons. The molecule has 0 fully saturated rings. The average molecular weight is 293 g/mol. The molecule has 16 heavy (non-hydrogen) atoms. The summed E-state index contributed by atoms with van der Waals surface area (Å²) in [6.45, 7) is 1.59. The van der Waals surface area contributed by atoms with Gasteiger partial charge in [-0.2, -0.15) is 0 Å². The third kappa shape index (κ3) is 2.58. The number of Topliss-reactive ketones (excluding diaryl/α,β-unsaturated/α-hetero) is 1. The summed E-state index contributed by atoms with van der Waals surface area (Å²) in [4.78, 5) is 11.2. The predicted octanol–water partition coefficient (Wildman–Crippen LogP) is 3.60. The van der Waals surface area contributed by atoms with Crippen LogP contribution in [0.1, 0.15) is 29.3 Å². The molecule has 1 unspecified atom stereocenters. The summed E-state index contributed by atoms with van der Waals surface area (Å²) >= 11 is 3.07. The number of benzene rings is 1. The number of methoxy groups -OCH3 is 1. The van der Waals surface area contributed by atoms with Gasteiger partial charge in [0.1, 0.15) is 5.75 Å². The molecule has 1 rings (SSSR count). The van der Waals surface area contributed by atoms with E-state index in [0.717, 1.165) is 0 Å². The van der Waals surface area contributed by atoms with Crippen LogP contribution in [0.2, 0.25) is 0 Å². The number of carbonyl (C=O) groups excluding carboxylic acids is 1. The highest BCUT2D eigenvalue weighted by Gasteiger charge is 2.24. The highest BCUT2D eigenvalue weighted by molar-refractivity contribution is 9.10. The Balaban J connectivity index is 3.33. The van der Waals surface area contributed by atoms with Crippen LogP contribution in [0, 0.1) is 0 Å². The molecule has 0 amide bonds. The lowest BCUT2D eigenvalue weighted by Gasteiger charge is -2.13. The smallest absolute Gasteiger partial charge is 0.268 e. The zero-order valence-corrected chi connectivity index (χ0v) is 10.4. The van der Waals surface area contributed by atoms with Crippen molar-refractivity contribution in [3.05, 3.63) is 29.3 Å². The molecule has 0 saturated carbocycles. The first-order valence-electron chi connectivity index (χ1n) is 4.62. The van der Waals surface area contributed by atoms with Gasteiger partial charge in [-0.15, -0.1) is 0 Å². The van der Waals surface area contributed by atoms with Crippen LogP contribution in [-0.2, 0) is 0 Å². The van der Waals surface area contributed by atoms with Crippen molar-refractivity contribution in [2.24, 2.45) is 0 Å². The first kappa shape index (κ1) is 13.1. The average Bonchev–Trinajstić information content (AvgIpc) is 2.26. The minimum atomic E-state index is -2.73. The summed E-state index contributed by atoms with van der Waals surface area (Å²) in [5.41, 5.74) is -0.347. The SMILES string of the molecule is COc1cccc(C(=O)C(C)Br)c1C(F)F. The molecular formula is C11H11BrF2O2. The largest absolute Gasteiger partial charge is 0.496 e. The predicted molar refractivity (Wildman–Crippen MR) is 60.7 cm³/mol. The molecule has 1 atom stereocenters. The van der Waals surface area contributed by atoms with Crippen molar-refractivity contribution in [1.82, 2.24) is 0 Å². The highest BCUT2D eigenvalue weighted by Crippen LogP contribution is 2.33. The lowest BCUT2D eigenvalue weighted by atomic mass is 10.0. The van der Waals surface area contributed by atoms with Gasteiger partial charge in [0.25, 0.3) is 6.43 Å². The molecule has 1 aromatic rings. The highest BCUT2D eigenvalue weighted by atomic mass is 79.9. The summed E-state index contributed by atoms with van der Waals surface area (Å²) in [6.07, 6.45) is -2.73. The second kappa shape index (κ2) is 5.39. The van der Waals surface area contributed by atoms with Crippen molar-refractivity contribution < 1.29 is 18.3 Å².